The molecule has 1 aliphatic heterocycles. The lowest BCUT2D eigenvalue weighted by atomic mass is 9.88. The van der Waals surface area contributed by atoms with Crippen molar-refractivity contribution in [3.8, 4) is 5.75 Å². The number of nitrogens with one attached hydrogen (secondary N) is 2. The fourth-order valence-corrected chi connectivity index (χ4v) is 5.69. The molecule has 3 aromatic rings. The van der Waals surface area contributed by atoms with E-state index in [1.54, 1.807) is 12.1 Å². The zero-order chi connectivity index (χ0) is 25.2. The van der Waals surface area contributed by atoms with Gasteiger partial charge in [0.2, 0.25) is 22.3 Å². The number of rotatable bonds is 9. The molecule has 1 saturated heterocycles. The second-order valence-electron chi connectivity index (χ2n) is 8.76. The van der Waals surface area contributed by atoms with E-state index in [0.29, 0.717) is 12.2 Å². The van der Waals surface area contributed by atoms with E-state index in [1.165, 1.54) is 22.5 Å². The third kappa shape index (κ3) is 5.26. The Hall–Kier alpha value is -3.54. The molecule has 2 amide bonds. The Morgan fingerprint density at radius 1 is 1.20 bits per heavy atom. The zero-order valence-corrected chi connectivity index (χ0v) is 20.1. The average molecular weight is 499 g/mol. The summed E-state index contributed by atoms with van der Waals surface area (Å²) in [5.41, 5.74) is 4.16. The number of likely N-dealkylation sites (tertiary alicyclic amines) is 1. The number of amides is 2. The highest BCUT2D eigenvalue weighted by molar-refractivity contribution is 7.89. The number of carbonyl (C=O) groups excluding carboxylic acids is 2. The van der Waals surface area contributed by atoms with Crippen LogP contribution < -0.4 is 14.9 Å². The van der Waals surface area contributed by atoms with Gasteiger partial charge in [-0.1, -0.05) is 18.2 Å². The van der Waals surface area contributed by atoms with Gasteiger partial charge in [-0.2, -0.15) is 0 Å². The largest absolute Gasteiger partial charge is 0.489 e. The van der Waals surface area contributed by atoms with Crippen LogP contribution in [0.2, 0.25) is 0 Å². The summed E-state index contributed by atoms with van der Waals surface area (Å²) in [6.45, 7) is 4.25. The predicted molar refractivity (Wildman–Crippen MR) is 127 cm³/mol. The molecule has 0 radical (unpaired) electrons. The minimum absolute atomic E-state index is 0.0148. The normalized spacial score (nSPS) is 14.9. The molecule has 2 aromatic carbocycles. The van der Waals surface area contributed by atoms with Crippen LogP contribution >= 0.6 is 0 Å². The van der Waals surface area contributed by atoms with Crippen LogP contribution in [0.1, 0.15) is 23.2 Å². The quantitative estimate of drug-likeness (QED) is 0.232. The Bertz CT molecular complexity index is 1370. The highest BCUT2D eigenvalue weighted by Crippen LogP contribution is 2.27. The molecule has 0 unspecified atom stereocenters. The van der Waals surface area contributed by atoms with Crippen molar-refractivity contribution in [2.45, 2.75) is 37.3 Å². The minimum Gasteiger partial charge on any atom is -0.489 e. The number of aromatic nitrogens is 1. The molecule has 4 rings (SSSR count). The Labute approximate surface area is 202 Å². The van der Waals surface area contributed by atoms with Crippen molar-refractivity contribution < 1.29 is 28.0 Å². The number of ether oxygens (including phenoxy) is 1. The number of aryl methyl sites for hydroxylation is 2. The van der Waals surface area contributed by atoms with E-state index < -0.39 is 21.5 Å². The number of sulfonamides is 1. The first-order chi connectivity index (χ1) is 16.6. The van der Waals surface area contributed by atoms with Crippen molar-refractivity contribution in [3.63, 3.8) is 0 Å². The molecule has 1 aromatic heterocycles. The molecule has 35 heavy (non-hydrogen) atoms. The first-order valence-corrected chi connectivity index (χ1v) is 12.4. The predicted octanol–water partition coefficient (Wildman–Crippen LogP) is 1.82. The molecule has 1 aliphatic rings. The highest BCUT2D eigenvalue weighted by Gasteiger charge is 2.47. The lowest BCUT2D eigenvalue weighted by Gasteiger charge is -2.47. The van der Waals surface area contributed by atoms with Crippen molar-refractivity contribution in [1.82, 2.24) is 20.1 Å². The van der Waals surface area contributed by atoms with Crippen molar-refractivity contribution in [2.24, 2.45) is 0 Å². The molecule has 0 aliphatic carbocycles. The van der Waals surface area contributed by atoms with E-state index in [9.17, 15) is 18.0 Å². The Kier molecular flexibility index (Phi) is 6.75. The number of para-hydroxylation sites is 1. The van der Waals surface area contributed by atoms with Gasteiger partial charge in [0.15, 0.2) is 0 Å². The van der Waals surface area contributed by atoms with Gasteiger partial charge in [-0.15, -0.1) is 0 Å². The first-order valence-electron chi connectivity index (χ1n) is 10.9. The molecule has 0 saturated carbocycles. The number of fused-ring (bicyclic) bond motifs is 1. The summed E-state index contributed by atoms with van der Waals surface area (Å²) in [6.07, 6.45) is 0.261. The zero-order valence-electron chi connectivity index (χ0n) is 19.3. The summed E-state index contributed by atoms with van der Waals surface area (Å²) in [4.78, 5) is 28.6. The van der Waals surface area contributed by atoms with E-state index in [-0.39, 0.29) is 31.0 Å². The number of nitrogens with zero attached hydrogens (tertiary/aromatic N) is 2. The summed E-state index contributed by atoms with van der Waals surface area (Å²) >= 11 is 0. The third-order valence-corrected chi connectivity index (χ3v) is 7.51. The van der Waals surface area contributed by atoms with Gasteiger partial charge in [0.25, 0.3) is 0 Å². The molecule has 2 heterocycles. The molecule has 0 atom stereocenters. The van der Waals surface area contributed by atoms with E-state index in [4.69, 9.17) is 9.94 Å². The van der Waals surface area contributed by atoms with Crippen molar-refractivity contribution in [1.29, 1.82) is 0 Å². The van der Waals surface area contributed by atoms with Crippen molar-refractivity contribution >= 4 is 33.2 Å². The summed E-state index contributed by atoms with van der Waals surface area (Å²) < 4.78 is 34.3. The van der Waals surface area contributed by atoms with Crippen LogP contribution in [-0.4, -0.2) is 54.5 Å². The molecule has 184 valence electrons. The van der Waals surface area contributed by atoms with Crippen LogP contribution in [-0.2, 0) is 26.2 Å². The van der Waals surface area contributed by atoms with Crippen LogP contribution in [0, 0.1) is 13.8 Å². The van der Waals surface area contributed by atoms with Gasteiger partial charge in [-0.25, -0.2) is 18.6 Å². The van der Waals surface area contributed by atoms with Crippen LogP contribution in [0.25, 0.3) is 10.9 Å². The maximum Gasteiger partial charge on any atom is 0.245 e. The van der Waals surface area contributed by atoms with Gasteiger partial charge in [-0.3, -0.25) is 19.8 Å². The van der Waals surface area contributed by atoms with Crippen LogP contribution in [0.5, 0.6) is 5.75 Å². The maximum atomic E-state index is 13.0. The van der Waals surface area contributed by atoms with Gasteiger partial charge in [0.05, 0.1) is 22.4 Å². The van der Waals surface area contributed by atoms with Gasteiger partial charge in [0, 0.05) is 29.7 Å². The first kappa shape index (κ1) is 24.6. The van der Waals surface area contributed by atoms with Gasteiger partial charge >= 0.3 is 0 Å². The average Bonchev–Trinajstić information content (AvgIpc) is 2.81. The second kappa shape index (κ2) is 9.61. The molecule has 10 nitrogen and oxygen atoms in total. The standard InChI is InChI=1S/C24H26N4O6S/c1-16-4-3-5-21-18(10-17(2)25-23(16)21)12-34-19-6-8-20(9-7-19)35(32,33)27-24(11-22(30)26-31)13-28(14-24)15-29/h3-10,15,27,31H,11-14H2,1-2H3,(H,26,30). The number of hydrogen-bond acceptors (Lipinski definition) is 7. The summed E-state index contributed by atoms with van der Waals surface area (Å²) in [7, 11) is -4.01. The summed E-state index contributed by atoms with van der Waals surface area (Å²) in [5, 5.41) is 9.83. The van der Waals surface area contributed by atoms with Gasteiger partial charge in [-0.05, 0) is 49.7 Å². The fourth-order valence-electron chi connectivity index (χ4n) is 4.31. The lowest BCUT2D eigenvalue weighted by molar-refractivity contribution is -0.136. The topological polar surface area (TPSA) is 138 Å². The maximum absolute atomic E-state index is 13.0. The summed E-state index contributed by atoms with van der Waals surface area (Å²) in [6, 6.07) is 13.9. The molecule has 11 heteroatoms. The summed E-state index contributed by atoms with van der Waals surface area (Å²) in [5.74, 6) is -0.263. The molecule has 0 bridgehead atoms. The van der Waals surface area contributed by atoms with Crippen LogP contribution in [0.3, 0.4) is 0 Å². The number of pyridine rings is 1. The van der Waals surface area contributed by atoms with Gasteiger partial charge < -0.3 is 9.64 Å². The van der Waals surface area contributed by atoms with Crippen molar-refractivity contribution in [3.05, 3.63) is 65.4 Å². The van der Waals surface area contributed by atoms with E-state index >= 15 is 0 Å². The van der Waals surface area contributed by atoms with E-state index in [1.807, 2.05) is 38.1 Å². The second-order valence-corrected chi connectivity index (χ2v) is 10.4. The van der Waals surface area contributed by atoms with Crippen LogP contribution in [0.15, 0.2) is 53.4 Å². The number of benzene rings is 2. The highest BCUT2D eigenvalue weighted by atomic mass is 32.2. The smallest absolute Gasteiger partial charge is 0.245 e. The molecular formula is C24H26N4O6S. The Balaban J connectivity index is 1.48. The monoisotopic (exact) mass is 498 g/mol. The molecule has 0 spiro atoms. The van der Waals surface area contributed by atoms with Crippen molar-refractivity contribution in [2.75, 3.05) is 13.1 Å². The van der Waals surface area contributed by atoms with Crippen LogP contribution in [0.4, 0.5) is 0 Å². The van der Waals surface area contributed by atoms with E-state index in [0.717, 1.165) is 27.7 Å². The Morgan fingerprint density at radius 3 is 2.57 bits per heavy atom. The molecular weight excluding hydrogens is 472 g/mol. The minimum atomic E-state index is -4.01. The number of hydroxylamine groups is 1. The third-order valence-electron chi connectivity index (χ3n) is 5.92. The molecule has 1 fully saturated rings. The number of hydrogen-bond donors (Lipinski definition) is 3. The number of carbonyl (C=O) groups is 2. The van der Waals surface area contributed by atoms with E-state index in [2.05, 4.69) is 9.71 Å². The SMILES string of the molecule is Cc1cc(COc2ccc(S(=O)(=O)NC3(CC(=O)NO)CN(C=O)C3)cc2)c2cccc(C)c2n1. The lowest BCUT2D eigenvalue weighted by Crippen LogP contribution is -2.70. The Morgan fingerprint density at radius 2 is 1.91 bits per heavy atom. The van der Waals surface area contributed by atoms with Gasteiger partial charge in [0.1, 0.15) is 12.4 Å². The fraction of sp³-hybridized carbons (Fsp3) is 0.292. The molecule has 3 N–H and O–H groups in total.